The number of imidazole rings is 1. The normalized spacial score (nSPS) is 23.8. The molecule has 2 aromatic rings. The fourth-order valence-electron chi connectivity index (χ4n) is 5.20. The average Bonchev–Trinajstić information content (AvgIpc) is 3.61. The molecule has 2 saturated heterocycles. The van der Waals surface area contributed by atoms with Gasteiger partial charge in [-0.2, -0.15) is 0 Å². The molecule has 0 unspecified atom stereocenters. The first-order chi connectivity index (χ1) is 16.0. The summed E-state index contributed by atoms with van der Waals surface area (Å²) in [6.45, 7) is 8.80. The number of nitrogens with zero attached hydrogens (tertiary/aromatic N) is 4. The zero-order valence-corrected chi connectivity index (χ0v) is 19.7. The number of carbonyl (C=O) groups excluding carboxylic acids is 2. The first kappa shape index (κ1) is 22.3. The molecule has 1 aromatic heterocycles. The maximum atomic E-state index is 14.0. The molecule has 0 bridgehead atoms. The Morgan fingerprint density at radius 3 is 2.67 bits per heavy atom. The lowest BCUT2D eigenvalue weighted by atomic mass is 9.92. The van der Waals surface area contributed by atoms with E-state index in [-0.39, 0.29) is 23.8 Å². The molecule has 2 atom stereocenters. The van der Waals surface area contributed by atoms with Gasteiger partial charge in [0.05, 0.1) is 30.2 Å². The third kappa shape index (κ3) is 4.64. The molecular formula is C25H35N5O3. The Bertz CT molecular complexity index is 1010. The van der Waals surface area contributed by atoms with Gasteiger partial charge in [0.1, 0.15) is 0 Å². The molecule has 1 aromatic carbocycles. The first-order valence-electron chi connectivity index (χ1n) is 12.4. The maximum absolute atomic E-state index is 14.0. The summed E-state index contributed by atoms with van der Waals surface area (Å²) in [6.07, 6.45) is 2.86. The zero-order chi connectivity index (χ0) is 22.9. The van der Waals surface area contributed by atoms with Gasteiger partial charge in [-0.3, -0.25) is 9.59 Å². The number of piperidine rings is 1. The van der Waals surface area contributed by atoms with E-state index in [2.05, 4.69) is 29.8 Å². The molecule has 2 aliphatic heterocycles. The predicted octanol–water partition coefficient (Wildman–Crippen LogP) is 2.31. The van der Waals surface area contributed by atoms with Crippen LogP contribution in [0.5, 0.6) is 0 Å². The van der Waals surface area contributed by atoms with E-state index in [0.29, 0.717) is 70.1 Å². The molecule has 33 heavy (non-hydrogen) atoms. The van der Waals surface area contributed by atoms with Gasteiger partial charge in [-0.15, -0.1) is 0 Å². The fourth-order valence-corrected chi connectivity index (χ4v) is 5.20. The highest BCUT2D eigenvalue weighted by molar-refractivity contribution is 5.95. The number of ether oxygens (including phenoxy) is 1. The molecule has 8 nitrogen and oxygen atoms in total. The van der Waals surface area contributed by atoms with Gasteiger partial charge < -0.3 is 24.4 Å². The van der Waals surface area contributed by atoms with Crippen molar-refractivity contribution < 1.29 is 14.3 Å². The summed E-state index contributed by atoms with van der Waals surface area (Å²) < 4.78 is 7.56. The Morgan fingerprint density at radius 1 is 1.18 bits per heavy atom. The van der Waals surface area contributed by atoms with Crippen molar-refractivity contribution in [3.05, 3.63) is 30.1 Å². The smallest absolute Gasteiger partial charge is 0.290 e. The number of para-hydroxylation sites is 2. The molecule has 1 saturated carbocycles. The summed E-state index contributed by atoms with van der Waals surface area (Å²) >= 11 is 0. The largest absolute Gasteiger partial charge is 0.378 e. The van der Waals surface area contributed by atoms with Crippen LogP contribution in [0.4, 0.5) is 0 Å². The van der Waals surface area contributed by atoms with E-state index >= 15 is 0 Å². The monoisotopic (exact) mass is 453 g/mol. The number of aromatic nitrogens is 2. The fraction of sp³-hybridized carbons (Fsp3) is 0.640. The summed E-state index contributed by atoms with van der Waals surface area (Å²) in [7, 11) is 0. The van der Waals surface area contributed by atoms with E-state index in [1.807, 2.05) is 28.0 Å². The van der Waals surface area contributed by atoms with Gasteiger partial charge in [-0.1, -0.05) is 26.0 Å². The van der Waals surface area contributed by atoms with Crippen LogP contribution in [0.2, 0.25) is 0 Å². The minimum atomic E-state index is -0.119. The van der Waals surface area contributed by atoms with Crippen molar-refractivity contribution in [3.63, 3.8) is 0 Å². The Hall–Kier alpha value is -2.45. The van der Waals surface area contributed by atoms with Gasteiger partial charge >= 0.3 is 0 Å². The summed E-state index contributed by atoms with van der Waals surface area (Å²) in [6, 6.07) is 8.35. The van der Waals surface area contributed by atoms with Crippen LogP contribution >= 0.6 is 0 Å². The number of hydrogen-bond acceptors (Lipinski definition) is 5. The van der Waals surface area contributed by atoms with Crippen LogP contribution in [-0.2, 0) is 9.53 Å². The number of morpholine rings is 1. The number of fused-ring (bicyclic) bond motifs is 1. The molecule has 5 rings (SSSR count). The molecule has 8 heteroatoms. The number of rotatable bonds is 6. The number of carbonyl (C=O) groups is 2. The van der Waals surface area contributed by atoms with E-state index in [1.54, 1.807) is 0 Å². The highest BCUT2D eigenvalue weighted by Gasteiger charge is 2.38. The van der Waals surface area contributed by atoms with Crippen LogP contribution < -0.4 is 5.32 Å². The number of hydrogen-bond donors (Lipinski definition) is 1. The van der Waals surface area contributed by atoms with Gasteiger partial charge in [0, 0.05) is 44.8 Å². The summed E-state index contributed by atoms with van der Waals surface area (Å²) in [5.74, 6) is 0.909. The second kappa shape index (κ2) is 9.43. The summed E-state index contributed by atoms with van der Waals surface area (Å²) in [4.78, 5) is 35.8. The third-order valence-electron chi connectivity index (χ3n) is 6.96. The second-order valence-electron chi connectivity index (χ2n) is 10.1. The van der Waals surface area contributed by atoms with E-state index < -0.39 is 0 Å². The van der Waals surface area contributed by atoms with Crippen molar-refractivity contribution in [2.45, 2.75) is 45.2 Å². The molecule has 2 amide bonds. The molecule has 1 N–H and O–H groups in total. The molecule has 1 aliphatic carbocycles. The molecule has 3 fully saturated rings. The van der Waals surface area contributed by atoms with Gasteiger partial charge in [0.2, 0.25) is 11.7 Å². The van der Waals surface area contributed by atoms with Crippen molar-refractivity contribution in [2.75, 3.05) is 45.9 Å². The lowest BCUT2D eigenvalue weighted by molar-refractivity contribution is -0.140. The van der Waals surface area contributed by atoms with Crippen molar-refractivity contribution in [2.24, 2.45) is 11.8 Å². The third-order valence-corrected chi connectivity index (χ3v) is 6.96. The van der Waals surface area contributed by atoms with Crippen molar-refractivity contribution >= 4 is 22.8 Å². The van der Waals surface area contributed by atoms with Crippen LogP contribution in [0.15, 0.2) is 24.3 Å². The number of nitrogens with one attached hydrogen (secondary N) is 1. The van der Waals surface area contributed by atoms with Crippen molar-refractivity contribution in [3.8, 4) is 0 Å². The second-order valence-corrected chi connectivity index (χ2v) is 10.1. The highest BCUT2D eigenvalue weighted by atomic mass is 16.5. The van der Waals surface area contributed by atoms with Crippen molar-refractivity contribution in [1.29, 1.82) is 0 Å². The first-order valence-corrected chi connectivity index (χ1v) is 12.4. The van der Waals surface area contributed by atoms with Gasteiger partial charge in [-0.25, -0.2) is 4.98 Å². The lowest BCUT2D eigenvalue weighted by Gasteiger charge is -2.40. The Morgan fingerprint density at radius 2 is 1.94 bits per heavy atom. The van der Waals surface area contributed by atoms with Gasteiger partial charge in [0.25, 0.3) is 5.91 Å². The Balaban J connectivity index is 1.40. The highest BCUT2D eigenvalue weighted by Crippen LogP contribution is 2.39. The number of amides is 2. The van der Waals surface area contributed by atoms with Crippen molar-refractivity contribution in [1.82, 2.24) is 24.7 Å². The molecule has 0 spiro atoms. The van der Waals surface area contributed by atoms with Crippen LogP contribution in [-0.4, -0.2) is 83.1 Å². The topological polar surface area (TPSA) is 79.7 Å². The molecular weight excluding hydrogens is 418 g/mol. The van der Waals surface area contributed by atoms with Crippen LogP contribution in [0.1, 0.15) is 49.8 Å². The molecule has 0 radical (unpaired) electrons. The minimum Gasteiger partial charge on any atom is -0.378 e. The molecule has 3 heterocycles. The lowest BCUT2D eigenvalue weighted by Crippen LogP contribution is -2.56. The zero-order valence-electron chi connectivity index (χ0n) is 19.7. The number of benzene rings is 1. The standard InChI is InChI=1S/C25H35N5O3/c1-17(2)16-29(20-13-18(14-26-15-20)24(31)28-9-11-33-12-10-28)25(32)23-27-21-5-3-4-6-22(21)30(23)19-7-8-19/h3-6,17-20,26H,7-16H2,1-2H3/t18-,20+/m1/s1. The maximum Gasteiger partial charge on any atom is 0.290 e. The molecule has 3 aliphatic rings. The Kier molecular flexibility index (Phi) is 6.38. The summed E-state index contributed by atoms with van der Waals surface area (Å²) in [5.41, 5.74) is 1.91. The summed E-state index contributed by atoms with van der Waals surface area (Å²) in [5, 5.41) is 3.44. The van der Waals surface area contributed by atoms with Crippen LogP contribution in [0, 0.1) is 11.8 Å². The quantitative estimate of drug-likeness (QED) is 0.726. The SMILES string of the molecule is CC(C)CN(C(=O)c1nc2ccccc2n1C1CC1)[C@@H]1CNC[C@H](C(=O)N2CCOCC2)C1. The van der Waals surface area contributed by atoms with Gasteiger partial charge in [-0.05, 0) is 37.3 Å². The van der Waals surface area contributed by atoms with Gasteiger partial charge in [0.15, 0.2) is 0 Å². The van der Waals surface area contributed by atoms with Crippen LogP contribution in [0.25, 0.3) is 11.0 Å². The van der Waals surface area contributed by atoms with E-state index in [9.17, 15) is 9.59 Å². The van der Waals surface area contributed by atoms with E-state index in [1.165, 1.54) is 0 Å². The minimum absolute atomic E-state index is 0.0157. The van der Waals surface area contributed by atoms with Crippen LogP contribution in [0.3, 0.4) is 0 Å². The average molecular weight is 454 g/mol. The Labute approximate surface area is 195 Å². The van der Waals surface area contributed by atoms with E-state index in [0.717, 1.165) is 23.9 Å². The van der Waals surface area contributed by atoms with E-state index in [4.69, 9.17) is 9.72 Å². The molecule has 178 valence electrons. The predicted molar refractivity (Wildman–Crippen MR) is 126 cm³/mol.